The van der Waals surface area contributed by atoms with Gasteiger partial charge in [0.2, 0.25) is 0 Å². The number of hydrogen-bond donors (Lipinski definition) is 1. The number of likely N-dealkylation sites (tertiary alicyclic amines) is 1. The van der Waals surface area contributed by atoms with Crippen LogP contribution >= 0.6 is 0 Å². The van der Waals surface area contributed by atoms with Crippen molar-refractivity contribution in [3.05, 3.63) is 24.2 Å². The zero-order valence-corrected chi connectivity index (χ0v) is 10.5. The smallest absolute Gasteiger partial charge is 0.111 e. The van der Waals surface area contributed by atoms with Crippen molar-refractivity contribution in [3.63, 3.8) is 0 Å². The summed E-state index contributed by atoms with van der Waals surface area (Å²) in [7, 11) is 2.18. The van der Waals surface area contributed by atoms with Crippen molar-refractivity contribution in [1.29, 1.82) is 0 Å². The molecule has 1 aliphatic heterocycles. The molecule has 16 heavy (non-hydrogen) atoms. The van der Waals surface area contributed by atoms with Crippen LogP contribution in [0.4, 0.5) is 0 Å². The summed E-state index contributed by atoms with van der Waals surface area (Å²) in [6.45, 7) is 6.29. The Morgan fingerprint density at radius 1 is 1.50 bits per heavy atom. The molecule has 0 spiro atoms. The van der Waals surface area contributed by atoms with Gasteiger partial charge in [-0.2, -0.15) is 0 Å². The van der Waals surface area contributed by atoms with E-state index in [0.717, 1.165) is 25.1 Å². The van der Waals surface area contributed by atoms with E-state index in [0.29, 0.717) is 6.54 Å². The van der Waals surface area contributed by atoms with Crippen LogP contribution in [0.2, 0.25) is 0 Å². The average molecular weight is 222 g/mol. The first-order valence-corrected chi connectivity index (χ1v) is 5.95. The number of hydrogen-bond acceptors (Lipinski definition) is 3. The van der Waals surface area contributed by atoms with Crippen molar-refractivity contribution < 1.29 is 4.42 Å². The maximum absolute atomic E-state index is 6.02. The van der Waals surface area contributed by atoms with Crippen LogP contribution in [0.1, 0.15) is 32.4 Å². The number of piperidine rings is 1. The van der Waals surface area contributed by atoms with Gasteiger partial charge in [-0.3, -0.25) is 0 Å². The first-order chi connectivity index (χ1) is 7.50. The normalized spacial score (nSPS) is 30.5. The predicted molar refractivity (Wildman–Crippen MR) is 65.4 cm³/mol. The second-order valence-corrected chi connectivity index (χ2v) is 5.62. The Bertz CT molecular complexity index is 345. The van der Waals surface area contributed by atoms with Crippen LogP contribution in [-0.2, 0) is 5.41 Å². The van der Waals surface area contributed by atoms with E-state index in [1.54, 1.807) is 6.26 Å². The van der Waals surface area contributed by atoms with Gasteiger partial charge in [-0.1, -0.05) is 0 Å². The summed E-state index contributed by atoms with van der Waals surface area (Å²) < 4.78 is 5.60. The summed E-state index contributed by atoms with van der Waals surface area (Å²) in [5, 5.41) is 0. The molecule has 1 aromatic rings. The molecule has 1 aromatic heterocycles. The number of nitrogens with two attached hydrogens (primary N) is 1. The largest absolute Gasteiger partial charge is 0.469 e. The maximum Gasteiger partial charge on any atom is 0.111 e. The maximum atomic E-state index is 6.02. The fourth-order valence-corrected chi connectivity index (χ4v) is 2.80. The van der Waals surface area contributed by atoms with Crippen molar-refractivity contribution >= 4 is 0 Å². The van der Waals surface area contributed by atoms with Crippen molar-refractivity contribution in [2.45, 2.75) is 37.6 Å². The molecule has 1 saturated heterocycles. The fraction of sp³-hybridized carbons (Fsp3) is 0.692. The molecule has 3 nitrogen and oxygen atoms in total. The lowest BCUT2D eigenvalue weighted by molar-refractivity contribution is 0.0479. The summed E-state index contributed by atoms with van der Waals surface area (Å²) in [5.74, 6) is 1.05. The quantitative estimate of drug-likeness (QED) is 0.832. The van der Waals surface area contributed by atoms with Gasteiger partial charge in [0.25, 0.3) is 0 Å². The molecule has 1 aliphatic rings. The van der Waals surface area contributed by atoms with Crippen LogP contribution in [0.25, 0.3) is 0 Å². The van der Waals surface area contributed by atoms with Crippen molar-refractivity contribution in [2.75, 3.05) is 20.1 Å². The molecule has 0 radical (unpaired) electrons. The van der Waals surface area contributed by atoms with E-state index in [-0.39, 0.29) is 11.0 Å². The Morgan fingerprint density at radius 3 is 2.75 bits per heavy atom. The third-order valence-corrected chi connectivity index (χ3v) is 4.16. The van der Waals surface area contributed by atoms with E-state index in [4.69, 9.17) is 10.2 Å². The zero-order valence-electron chi connectivity index (χ0n) is 10.5. The molecular weight excluding hydrogens is 200 g/mol. The molecule has 2 heterocycles. The molecule has 0 amide bonds. The molecule has 0 aromatic carbocycles. The standard InChI is InChI=1S/C13H22N2O/c1-12(2)9-13(10-14,6-7-15(12)3)11-5-4-8-16-11/h4-5,8H,6-7,9-10,14H2,1-3H3. The van der Waals surface area contributed by atoms with Crippen LogP contribution in [0.15, 0.2) is 22.8 Å². The summed E-state index contributed by atoms with van der Waals surface area (Å²) >= 11 is 0. The van der Waals surface area contributed by atoms with Crippen molar-refractivity contribution in [3.8, 4) is 0 Å². The molecular formula is C13H22N2O. The van der Waals surface area contributed by atoms with E-state index in [1.807, 2.05) is 6.07 Å². The second-order valence-electron chi connectivity index (χ2n) is 5.62. The minimum absolute atomic E-state index is 0.0273. The first-order valence-electron chi connectivity index (χ1n) is 5.95. The van der Waals surface area contributed by atoms with E-state index >= 15 is 0 Å². The van der Waals surface area contributed by atoms with Gasteiger partial charge in [0.15, 0.2) is 0 Å². The highest BCUT2D eigenvalue weighted by atomic mass is 16.3. The minimum atomic E-state index is 0.0273. The number of furan rings is 1. The van der Waals surface area contributed by atoms with Gasteiger partial charge < -0.3 is 15.1 Å². The van der Waals surface area contributed by atoms with E-state index in [2.05, 4.69) is 31.9 Å². The highest BCUT2D eigenvalue weighted by molar-refractivity contribution is 5.18. The SMILES string of the molecule is CN1CCC(CN)(c2ccco2)CC1(C)C. The molecule has 0 aliphatic carbocycles. The molecule has 0 saturated carbocycles. The predicted octanol–water partition coefficient (Wildman–Crippen LogP) is 1.98. The minimum Gasteiger partial charge on any atom is -0.469 e. The Balaban J connectivity index is 2.30. The van der Waals surface area contributed by atoms with Crippen LogP contribution in [0.3, 0.4) is 0 Å². The summed E-state index contributed by atoms with van der Waals surface area (Å²) in [6, 6.07) is 4.02. The van der Waals surface area contributed by atoms with Crippen molar-refractivity contribution in [1.82, 2.24) is 4.90 Å². The average Bonchev–Trinajstić information content (AvgIpc) is 2.76. The lowest BCUT2D eigenvalue weighted by Gasteiger charge is -2.49. The zero-order chi connectivity index (χ0) is 11.8. The van der Waals surface area contributed by atoms with Crippen LogP contribution in [-0.4, -0.2) is 30.6 Å². The van der Waals surface area contributed by atoms with Crippen LogP contribution in [0, 0.1) is 0 Å². The fourth-order valence-electron chi connectivity index (χ4n) is 2.80. The van der Waals surface area contributed by atoms with E-state index in [9.17, 15) is 0 Å². The highest BCUT2D eigenvalue weighted by Gasteiger charge is 2.44. The van der Waals surface area contributed by atoms with Gasteiger partial charge in [-0.15, -0.1) is 0 Å². The monoisotopic (exact) mass is 222 g/mol. The molecule has 2 rings (SSSR count). The second kappa shape index (κ2) is 3.90. The van der Waals surface area contributed by atoms with Gasteiger partial charge in [0.1, 0.15) is 5.76 Å². The van der Waals surface area contributed by atoms with Gasteiger partial charge in [-0.05, 0) is 52.4 Å². The lowest BCUT2D eigenvalue weighted by atomic mass is 9.69. The van der Waals surface area contributed by atoms with Gasteiger partial charge >= 0.3 is 0 Å². The first kappa shape index (κ1) is 11.7. The molecule has 1 unspecified atom stereocenters. The highest BCUT2D eigenvalue weighted by Crippen LogP contribution is 2.41. The molecule has 90 valence electrons. The Morgan fingerprint density at radius 2 is 2.25 bits per heavy atom. The van der Waals surface area contributed by atoms with E-state index < -0.39 is 0 Å². The third kappa shape index (κ3) is 1.78. The van der Waals surface area contributed by atoms with Crippen molar-refractivity contribution in [2.24, 2.45) is 5.73 Å². The summed E-state index contributed by atoms with van der Waals surface area (Å²) in [4.78, 5) is 2.41. The number of nitrogens with zero attached hydrogens (tertiary/aromatic N) is 1. The molecule has 1 atom stereocenters. The molecule has 1 fully saturated rings. The lowest BCUT2D eigenvalue weighted by Crippen LogP contribution is -2.55. The summed E-state index contributed by atoms with van der Waals surface area (Å²) in [5.41, 5.74) is 6.23. The van der Waals surface area contributed by atoms with Crippen LogP contribution in [0.5, 0.6) is 0 Å². The Labute approximate surface area is 97.6 Å². The van der Waals surface area contributed by atoms with E-state index in [1.165, 1.54) is 0 Å². The molecule has 2 N–H and O–H groups in total. The number of rotatable bonds is 2. The Kier molecular flexibility index (Phi) is 2.84. The molecule has 3 heteroatoms. The summed E-state index contributed by atoms with van der Waals surface area (Å²) in [6.07, 6.45) is 3.88. The molecule has 0 bridgehead atoms. The topological polar surface area (TPSA) is 42.4 Å². The van der Waals surface area contributed by atoms with Gasteiger partial charge in [-0.25, -0.2) is 0 Å². The van der Waals surface area contributed by atoms with Gasteiger partial charge in [0, 0.05) is 17.5 Å². The van der Waals surface area contributed by atoms with Gasteiger partial charge in [0.05, 0.1) is 6.26 Å². The third-order valence-electron chi connectivity index (χ3n) is 4.16. The van der Waals surface area contributed by atoms with Crippen LogP contribution < -0.4 is 5.73 Å². The Hall–Kier alpha value is -0.800.